The molecule has 4 nitrogen and oxygen atoms in total. The molecule has 1 aromatic carbocycles. The Morgan fingerprint density at radius 1 is 1.32 bits per heavy atom. The zero-order chi connectivity index (χ0) is 15.6. The molecule has 0 spiro atoms. The van der Waals surface area contributed by atoms with Gasteiger partial charge in [-0.2, -0.15) is 0 Å². The fourth-order valence-electron chi connectivity index (χ4n) is 2.86. The predicted octanol–water partition coefficient (Wildman–Crippen LogP) is 3.52. The minimum Gasteiger partial charge on any atom is -0.504 e. The summed E-state index contributed by atoms with van der Waals surface area (Å²) in [5, 5.41) is 13.7. The smallest absolute Gasteiger partial charge is 0.166 e. The number of nitrogens with zero attached hydrogens (tertiary/aromatic N) is 1. The lowest BCUT2D eigenvalue weighted by Gasteiger charge is -2.22. The highest BCUT2D eigenvalue weighted by molar-refractivity contribution is 5.84. The molecule has 2 N–H and O–H groups in total. The third-order valence-electron chi connectivity index (χ3n) is 4.06. The van der Waals surface area contributed by atoms with Crippen LogP contribution in [0.5, 0.6) is 11.5 Å². The van der Waals surface area contributed by atoms with Gasteiger partial charge in [0.25, 0.3) is 0 Å². The maximum atomic E-state index is 10.1. The zero-order valence-electron chi connectivity index (χ0n) is 13.6. The first-order valence-electron chi connectivity index (χ1n) is 8.49. The average Bonchev–Trinajstić information content (AvgIpc) is 2.55. The summed E-state index contributed by atoms with van der Waals surface area (Å²) in [5.74, 6) is 0.693. The van der Waals surface area contributed by atoms with Crippen molar-refractivity contribution in [1.29, 1.82) is 0 Å². The van der Waals surface area contributed by atoms with Gasteiger partial charge in [0.05, 0.1) is 6.61 Å². The average molecular weight is 304 g/mol. The van der Waals surface area contributed by atoms with Gasteiger partial charge in [0, 0.05) is 24.4 Å². The van der Waals surface area contributed by atoms with Crippen LogP contribution in [0.1, 0.15) is 51.0 Å². The molecule has 0 atom stereocenters. The Kier molecular flexibility index (Phi) is 7.23. The minimum atomic E-state index is 0.174. The lowest BCUT2D eigenvalue weighted by Crippen LogP contribution is -2.31. The highest BCUT2D eigenvalue weighted by atomic mass is 16.5. The van der Waals surface area contributed by atoms with Gasteiger partial charge in [0.2, 0.25) is 0 Å². The summed E-state index contributed by atoms with van der Waals surface area (Å²) in [6.45, 7) is 4.24. The van der Waals surface area contributed by atoms with E-state index in [0.717, 1.165) is 19.5 Å². The molecule has 0 saturated heterocycles. The van der Waals surface area contributed by atoms with E-state index in [9.17, 15) is 5.11 Å². The Bertz CT molecular complexity index is 468. The van der Waals surface area contributed by atoms with Gasteiger partial charge in [-0.25, -0.2) is 0 Å². The van der Waals surface area contributed by atoms with E-state index in [0.29, 0.717) is 24.0 Å². The van der Waals surface area contributed by atoms with Crippen LogP contribution in [-0.4, -0.2) is 37.1 Å². The number of para-hydroxylation sites is 1. The maximum absolute atomic E-state index is 10.1. The number of ether oxygens (including phenoxy) is 1. The molecule has 0 aromatic heterocycles. The summed E-state index contributed by atoms with van der Waals surface area (Å²) in [7, 11) is 0. The SMILES string of the molecule is CCOc1cccc(C=NCCCNC2CCCCC2)c1O. The Morgan fingerprint density at radius 2 is 2.14 bits per heavy atom. The minimum absolute atomic E-state index is 0.174. The fraction of sp³-hybridized carbons (Fsp3) is 0.611. The van der Waals surface area contributed by atoms with E-state index in [1.54, 1.807) is 12.3 Å². The van der Waals surface area contributed by atoms with Crippen molar-refractivity contribution in [3.63, 3.8) is 0 Å². The van der Waals surface area contributed by atoms with Gasteiger partial charge in [-0.05, 0) is 44.9 Å². The molecule has 2 rings (SSSR count). The van der Waals surface area contributed by atoms with Crippen LogP contribution in [-0.2, 0) is 0 Å². The second kappa shape index (κ2) is 9.46. The van der Waals surface area contributed by atoms with Crippen LogP contribution < -0.4 is 10.1 Å². The molecule has 0 bridgehead atoms. The number of phenolic OH excluding ortho intramolecular Hbond substituents is 1. The molecule has 0 radical (unpaired) electrons. The normalized spacial score (nSPS) is 16.2. The van der Waals surface area contributed by atoms with E-state index in [-0.39, 0.29) is 5.75 Å². The first kappa shape index (κ1) is 16.8. The first-order valence-corrected chi connectivity index (χ1v) is 8.49. The van der Waals surface area contributed by atoms with Crippen LogP contribution in [0.15, 0.2) is 23.2 Å². The summed E-state index contributed by atoms with van der Waals surface area (Å²) < 4.78 is 5.37. The van der Waals surface area contributed by atoms with E-state index in [1.165, 1.54) is 32.1 Å². The lowest BCUT2D eigenvalue weighted by atomic mass is 9.95. The monoisotopic (exact) mass is 304 g/mol. The molecular weight excluding hydrogens is 276 g/mol. The number of hydrogen-bond acceptors (Lipinski definition) is 4. The largest absolute Gasteiger partial charge is 0.504 e. The van der Waals surface area contributed by atoms with E-state index < -0.39 is 0 Å². The van der Waals surface area contributed by atoms with Crippen molar-refractivity contribution in [3.05, 3.63) is 23.8 Å². The van der Waals surface area contributed by atoms with Crippen molar-refractivity contribution >= 4 is 6.21 Å². The summed E-state index contributed by atoms with van der Waals surface area (Å²) >= 11 is 0. The van der Waals surface area contributed by atoms with Gasteiger partial charge >= 0.3 is 0 Å². The molecule has 1 saturated carbocycles. The number of aromatic hydroxyl groups is 1. The molecule has 22 heavy (non-hydrogen) atoms. The number of nitrogens with one attached hydrogen (secondary N) is 1. The van der Waals surface area contributed by atoms with Crippen molar-refractivity contribution in [1.82, 2.24) is 5.32 Å². The number of benzene rings is 1. The van der Waals surface area contributed by atoms with Crippen LogP contribution in [0.4, 0.5) is 0 Å². The molecular formula is C18H28N2O2. The molecule has 122 valence electrons. The molecule has 0 heterocycles. The molecule has 1 aliphatic rings. The van der Waals surface area contributed by atoms with E-state index in [4.69, 9.17) is 4.74 Å². The Morgan fingerprint density at radius 3 is 2.91 bits per heavy atom. The highest BCUT2D eigenvalue weighted by Gasteiger charge is 2.11. The molecule has 1 fully saturated rings. The van der Waals surface area contributed by atoms with E-state index in [1.807, 2.05) is 19.1 Å². The molecule has 0 unspecified atom stereocenters. The number of aliphatic imine (C=N–C) groups is 1. The highest BCUT2D eigenvalue weighted by Crippen LogP contribution is 2.28. The number of rotatable bonds is 8. The third kappa shape index (κ3) is 5.34. The molecule has 0 aliphatic heterocycles. The van der Waals surface area contributed by atoms with Gasteiger partial charge in [-0.3, -0.25) is 4.99 Å². The molecule has 1 aromatic rings. The van der Waals surface area contributed by atoms with Crippen molar-refractivity contribution in [2.45, 2.75) is 51.5 Å². The number of hydrogen-bond donors (Lipinski definition) is 2. The van der Waals surface area contributed by atoms with Crippen molar-refractivity contribution < 1.29 is 9.84 Å². The first-order chi connectivity index (χ1) is 10.8. The second-order valence-corrected chi connectivity index (χ2v) is 5.80. The third-order valence-corrected chi connectivity index (χ3v) is 4.06. The molecule has 4 heteroatoms. The Balaban J connectivity index is 1.70. The van der Waals surface area contributed by atoms with Gasteiger partial charge < -0.3 is 15.2 Å². The molecule has 1 aliphatic carbocycles. The second-order valence-electron chi connectivity index (χ2n) is 5.80. The van der Waals surface area contributed by atoms with Crippen LogP contribution in [0, 0.1) is 0 Å². The van der Waals surface area contributed by atoms with Crippen LogP contribution in [0.2, 0.25) is 0 Å². The maximum Gasteiger partial charge on any atom is 0.166 e. The van der Waals surface area contributed by atoms with Gasteiger partial charge in [0.15, 0.2) is 11.5 Å². The predicted molar refractivity (Wildman–Crippen MR) is 91.2 cm³/mol. The summed E-state index contributed by atoms with van der Waals surface area (Å²) in [6.07, 6.45) is 9.53. The topological polar surface area (TPSA) is 53.8 Å². The van der Waals surface area contributed by atoms with Crippen molar-refractivity contribution in [3.8, 4) is 11.5 Å². The van der Waals surface area contributed by atoms with Gasteiger partial charge in [-0.1, -0.05) is 25.3 Å². The standard InChI is InChI=1S/C18H28N2O2/c1-2-22-17-11-6-8-15(18(17)21)14-19-12-7-13-20-16-9-4-3-5-10-16/h6,8,11,14,16,20-21H,2-5,7,9-10,12-13H2,1H3. The van der Waals surface area contributed by atoms with Gasteiger partial charge in [0.1, 0.15) is 0 Å². The van der Waals surface area contributed by atoms with Crippen LogP contribution >= 0.6 is 0 Å². The van der Waals surface area contributed by atoms with E-state index in [2.05, 4.69) is 10.3 Å². The van der Waals surface area contributed by atoms with E-state index >= 15 is 0 Å². The van der Waals surface area contributed by atoms with Crippen LogP contribution in [0.3, 0.4) is 0 Å². The molecule has 0 amide bonds. The van der Waals surface area contributed by atoms with Crippen molar-refractivity contribution in [2.75, 3.05) is 19.7 Å². The van der Waals surface area contributed by atoms with Crippen molar-refractivity contribution in [2.24, 2.45) is 4.99 Å². The summed E-state index contributed by atoms with van der Waals surface area (Å²) in [4.78, 5) is 4.41. The summed E-state index contributed by atoms with van der Waals surface area (Å²) in [5.41, 5.74) is 0.714. The fourth-order valence-corrected chi connectivity index (χ4v) is 2.86. The number of phenols is 1. The summed E-state index contributed by atoms with van der Waals surface area (Å²) in [6, 6.07) is 6.20. The lowest BCUT2D eigenvalue weighted by molar-refractivity contribution is 0.318. The quantitative estimate of drug-likeness (QED) is 0.571. The van der Waals surface area contributed by atoms with Gasteiger partial charge in [-0.15, -0.1) is 0 Å². The Labute approximate surface area is 133 Å². The van der Waals surface area contributed by atoms with Crippen LogP contribution in [0.25, 0.3) is 0 Å². The zero-order valence-corrected chi connectivity index (χ0v) is 13.6. The Hall–Kier alpha value is -1.55.